The molecule has 1 aromatic heterocycles. The van der Waals surface area contributed by atoms with Crippen molar-refractivity contribution in [2.24, 2.45) is 5.92 Å². The average molecular weight is 207 g/mol. The molecule has 0 spiro atoms. The van der Waals surface area contributed by atoms with Crippen LogP contribution in [0.15, 0.2) is 12.4 Å². The molecule has 1 N–H and O–H groups in total. The third-order valence-electron chi connectivity index (χ3n) is 2.14. The Labute approximate surface area is 90.1 Å². The van der Waals surface area contributed by atoms with Crippen LogP contribution in [0.4, 0.5) is 5.82 Å². The Morgan fingerprint density at radius 3 is 2.93 bits per heavy atom. The first-order valence-corrected chi connectivity index (χ1v) is 5.45. The molecule has 0 aliphatic heterocycles. The van der Waals surface area contributed by atoms with Crippen molar-refractivity contribution in [1.29, 1.82) is 0 Å². The zero-order valence-corrected chi connectivity index (χ0v) is 9.23. The summed E-state index contributed by atoms with van der Waals surface area (Å²) in [4.78, 5) is 8.21. The number of nitrogens with one attached hydrogen (secondary N) is 1. The Kier molecular flexibility index (Phi) is 3.04. The highest BCUT2D eigenvalue weighted by atomic mass is 16.5. The van der Waals surface area contributed by atoms with Gasteiger partial charge in [-0.15, -0.1) is 0 Å². The van der Waals surface area contributed by atoms with E-state index in [1.807, 2.05) is 6.07 Å². The standard InChI is InChI=1S/C11H17N3O/c1-8(2)6-15-11-5-10(12-7-13-11)14-9-3-4-9/h5,7-9H,3-4,6H2,1-2H3,(H,12,13,14). The first kappa shape index (κ1) is 10.2. The van der Waals surface area contributed by atoms with Gasteiger partial charge in [-0.05, 0) is 18.8 Å². The van der Waals surface area contributed by atoms with Crippen LogP contribution in [-0.4, -0.2) is 22.6 Å². The third-order valence-corrected chi connectivity index (χ3v) is 2.14. The van der Waals surface area contributed by atoms with Crippen LogP contribution in [0.3, 0.4) is 0 Å². The first-order chi connectivity index (χ1) is 7.24. The van der Waals surface area contributed by atoms with Crippen LogP contribution in [0.1, 0.15) is 26.7 Å². The molecule has 82 valence electrons. The molecule has 1 aromatic rings. The number of anilines is 1. The van der Waals surface area contributed by atoms with E-state index in [2.05, 4.69) is 29.1 Å². The molecule has 1 saturated carbocycles. The molecule has 1 heterocycles. The van der Waals surface area contributed by atoms with E-state index in [1.54, 1.807) is 6.33 Å². The van der Waals surface area contributed by atoms with Crippen molar-refractivity contribution in [3.63, 3.8) is 0 Å². The number of hydrogen-bond donors (Lipinski definition) is 1. The summed E-state index contributed by atoms with van der Waals surface area (Å²) in [6.07, 6.45) is 4.03. The summed E-state index contributed by atoms with van der Waals surface area (Å²) in [6, 6.07) is 2.47. The van der Waals surface area contributed by atoms with Crippen LogP contribution >= 0.6 is 0 Å². The van der Waals surface area contributed by atoms with Gasteiger partial charge in [-0.3, -0.25) is 0 Å². The minimum absolute atomic E-state index is 0.514. The van der Waals surface area contributed by atoms with Crippen molar-refractivity contribution < 1.29 is 4.74 Å². The maximum atomic E-state index is 5.52. The normalized spacial score (nSPS) is 15.4. The summed E-state index contributed by atoms with van der Waals surface area (Å²) in [5.41, 5.74) is 0. The molecule has 2 rings (SSSR count). The fraction of sp³-hybridized carbons (Fsp3) is 0.636. The monoisotopic (exact) mass is 207 g/mol. The van der Waals surface area contributed by atoms with Gasteiger partial charge in [0.2, 0.25) is 5.88 Å². The highest BCUT2D eigenvalue weighted by Crippen LogP contribution is 2.24. The van der Waals surface area contributed by atoms with Crippen molar-refractivity contribution in [3.8, 4) is 5.88 Å². The molecular formula is C11H17N3O. The van der Waals surface area contributed by atoms with Gasteiger partial charge in [0.15, 0.2) is 0 Å². The molecule has 0 unspecified atom stereocenters. The number of hydrogen-bond acceptors (Lipinski definition) is 4. The van der Waals surface area contributed by atoms with E-state index in [0.717, 1.165) is 5.82 Å². The van der Waals surface area contributed by atoms with Gasteiger partial charge in [0.25, 0.3) is 0 Å². The second-order valence-electron chi connectivity index (χ2n) is 4.36. The summed E-state index contributed by atoms with van der Waals surface area (Å²) in [5, 5.41) is 3.31. The Balaban J connectivity index is 1.92. The van der Waals surface area contributed by atoms with Gasteiger partial charge in [0.1, 0.15) is 12.1 Å². The van der Waals surface area contributed by atoms with E-state index in [-0.39, 0.29) is 0 Å². The Morgan fingerprint density at radius 1 is 1.47 bits per heavy atom. The van der Waals surface area contributed by atoms with Gasteiger partial charge in [-0.2, -0.15) is 0 Å². The predicted octanol–water partition coefficient (Wildman–Crippen LogP) is 2.09. The van der Waals surface area contributed by atoms with E-state index in [0.29, 0.717) is 24.4 Å². The molecule has 0 amide bonds. The smallest absolute Gasteiger partial charge is 0.218 e. The Morgan fingerprint density at radius 2 is 2.27 bits per heavy atom. The number of ether oxygens (including phenoxy) is 1. The molecule has 0 atom stereocenters. The van der Waals surface area contributed by atoms with Gasteiger partial charge in [0.05, 0.1) is 6.61 Å². The summed E-state index contributed by atoms with van der Waals surface area (Å²) >= 11 is 0. The van der Waals surface area contributed by atoms with Crippen molar-refractivity contribution in [2.75, 3.05) is 11.9 Å². The lowest BCUT2D eigenvalue weighted by Crippen LogP contribution is -2.07. The van der Waals surface area contributed by atoms with Crippen molar-refractivity contribution >= 4 is 5.82 Å². The van der Waals surface area contributed by atoms with E-state index in [1.165, 1.54) is 12.8 Å². The van der Waals surface area contributed by atoms with Gasteiger partial charge in [-0.1, -0.05) is 13.8 Å². The quantitative estimate of drug-likeness (QED) is 0.803. The second kappa shape index (κ2) is 4.47. The summed E-state index contributed by atoms with van der Waals surface area (Å²) in [7, 11) is 0. The molecular weight excluding hydrogens is 190 g/mol. The topological polar surface area (TPSA) is 47.0 Å². The molecule has 4 nitrogen and oxygen atoms in total. The van der Waals surface area contributed by atoms with Crippen LogP contribution in [0, 0.1) is 5.92 Å². The zero-order valence-electron chi connectivity index (χ0n) is 9.23. The fourth-order valence-corrected chi connectivity index (χ4v) is 1.19. The highest BCUT2D eigenvalue weighted by Gasteiger charge is 2.21. The molecule has 0 aromatic carbocycles. The molecule has 0 radical (unpaired) electrons. The van der Waals surface area contributed by atoms with Crippen molar-refractivity contribution in [3.05, 3.63) is 12.4 Å². The van der Waals surface area contributed by atoms with Crippen LogP contribution in [0.5, 0.6) is 5.88 Å². The first-order valence-electron chi connectivity index (χ1n) is 5.45. The predicted molar refractivity (Wildman–Crippen MR) is 59.0 cm³/mol. The van der Waals surface area contributed by atoms with Gasteiger partial charge in [0, 0.05) is 12.1 Å². The Bertz CT molecular complexity index is 323. The van der Waals surface area contributed by atoms with Crippen LogP contribution in [0.2, 0.25) is 0 Å². The molecule has 4 heteroatoms. The molecule has 1 fully saturated rings. The largest absolute Gasteiger partial charge is 0.477 e. The molecule has 15 heavy (non-hydrogen) atoms. The van der Waals surface area contributed by atoms with Crippen molar-refractivity contribution in [1.82, 2.24) is 9.97 Å². The molecule has 0 saturated heterocycles. The van der Waals surface area contributed by atoms with Crippen LogP contribution in [-0.2, 0) is 0 Å². The molecule has 1 aliphatic carbocycles. The zero-order chi connectivity index (χ0) is 10.7. The number of aromatic nitrogens is 2. The van der Waals surface area contributed by atoms with E-state index < -0.39 is 0 Å². The second-order valence-corrected chi connectivity index (χ2v) is 4.36. The van der Waals surface area contributed by atoms with Crippen LogP contribution < -0.4 is 10.1 Å². The highest BCUT2D eigenvalue weighted by molar-refractivity contribution is 5.39. The van der Waals surface area contributed by atoms with Gasteiger partial charge in [-0.25, -0.2) is 9.97 Å². The fourth-order valence-electron chi connectivity index (χ4n) is 1.19. The molecule has 0 bridgehead atoms. The van der Waals surface area contributed by atoms with E-state index in [4.69, 9.17) is 4.74 Å². The SMILES string of the molecule is CC(C)COc1cc(NC2CC2)ncn1. The average Bonchev–Trinajstić information content (AvgIpc) is 2.99. The maximum absolute atomic E-state index is 5.52. The lowest BCUT2D eigenvalue weighted by atomic mass is 10.2. The lowest BCUT2D eigenvalue weighted by molar-refractivity contribution is 0.261. The maximum Gasteiger partial charge on any atom is 0.218 e. The Hall–Kier alpha value is -1.32. The van der Waals surface area contributed by atoms with Gasteiger partial charge < -0.3 is 10.1 Å². The summed E-state index contributed by atoms with van der Waals surface area (Å²) < 4.78 is 5.52. The number of nitrogens with zero attached hydrogens (tertiary/aromatic N) is 2. The van der Waals surface area contributed by atoms with Crippen LogP contribution in [0.25, 0.3) is 0 Å². The minimum atomic E-state index is 0.514. The third kappa shape index (κ3) is 3.38. The van der Waals surface area contributed by atoms with E-state index in [9.17, 15) is 0 Å². The summed E-state index contributed by atoms with van der Waals surface area (Å²) in [5.74, 6) is 2.04. The minimum Gasteiger partial charge on any atom is -0.477 e. The van der Waals surface area contributed by atoms with Crippen molar-refractivity contribution in [2.45, 2.75) is 32.7 Å². The lowest BCUT2D eigenvalue weighted by Gasteiger charge is -2.08. The number of rotatable bonds is 5. The van der Waals surface area contributed by atoms with Gasteiger partial charge >= 0.3 is 0 Å². The molecule has 1 aliphatic rings. The van der Waals surface area contributed by atoms with E-state index >= 15 is 0 Å². The summed E-state index contributed by atoms with van der Waals surface area (Å²) in [6.45, 7) is 4.93.